The summed E-state index contributed by atoms with van der Waals surface area (Å²) in [6.07, 6.45) is 6.38. The zero-order valence-corrected chi connectivity index (χ0v) is 13.7. The Balaban J connectivity index is 2.68. The van der Waals surface area contributed by atoms with Gasteiger partial charge in [0.15, 0.2) is 0 Å². The molecule has 2 aromatic carbocycles. The summed E-state index contributed by atoms with van der Waals surface area (Å²) in [5.74, 6) is 4.65. The first-order valence-electron chi connectivity index (χ1n) is 6.88. The summed E-state index contributed by atoms with van der Waals surface area (Å²) in [7, 11) is 3.55. The molecule has 0 aliphatic heterocycles. The third kappa shape index (κ3) is 2.92. The van der Waals surface area contributed by atoms with Crippen LogP contribution in [-0.4, -0.2) is 27.9 Å². The predicted molar refractivity (Wildman–Crippen MR) is 95.8 cm³/mol. The maximum atomic E-state index is 5.68. The molecule has 0 aliphatic rings. The molecule has 2 rings (SSSR count). The topological polar surface area (TPSA) is 18.5 Å². The monoisotopic (exact) mass is 298 g/mol. The van der Waals surface area contributed by atoms with Gasteiger partial charge in [-0.25, -0.2) is 0 Å². The molecule has 4 heteroatoms. The van der Waals surface area contributed by atoms with Gasteiger partial charge in [-0.05, 0) is 0 Å². The van der Waals surface area contributed by atoms with E-state index in [1.165, 1.54) is 10.6 Å². The van der Waals surface area contributed by atoms with E-state index in [4.69, 9.17) is 15.9 Å². The molecule has 2 aromatic rings. The van der Waals surface area contributed by atoms with E-state index in [2.05, 4.69) is 25.6 Å². The van der Waals surface area contributed by atoms with Crippen LogP contribution in [0, 0.1) is 12.3 Å². The van der Waals surface area contributed by atoms with Crippen LogP contribution in [0.25, 0.3) is 0 Å². The Morgan fingerprint density at radius 1 is 0.952 bits per heavy atom. The van der Waals surface area contributed by atoms with Crippen LogP contribution in [0.15, 0.2) is 48.5 Å². The second-order valence-corrected chi connectivity index (χ2v) is 9.21. The average Bonchev–Trinajstić information content (AvgIpc) is 2.54. The van der Waals surface area contributed by atoms with E-state index in [1.807, 2.05) is 36.4 Å². The van der Waals surface area contributed by atoms with Gasteiger partial charge < -0.3 is 0 Å². The molecule has 2 nitrogen and oxygen atoms in total. The molecule has 0 aromatic heterocycles. The molecule has 0 saturated carbocycles. The Morgan fingerprint density at radius 3 is 1.76 bits per heavy atom. The van der Waals surface area contributed by atoms with E-state index in [9.17, 15) is 0 Å². The van der Waals surface area contributed by atoms with Crippen LogP contribution in [-0.2, 0) is 0 Å². The van der Waals surface area contributed by atoms with Gasteiger partial charge in [0, 0.05) is 0 Å². The first-order chi connectivity index (χ1) is 10.2. The van der Waals surface area contributed by atoms with Gasteiger partial charge in [0.05, 0.1) is 0 Å². The molecular weight excluding hydrogens is 278 g/mol. The first-order valence-corrected chi connectivity index (χ1v) is 9.58. The van der Waals surface area contributed by atoms with Crippen molar-refractivity contribution in [3.63, 3.8) is 0 Å². The summed E-state index contributed by atoms with van der Waals surface area (Å²) in [5.41, 5.74) is 0. The van der Waals surface area contributed by atoms with Crippen LogP contribution in [0.3, 0.4) is 0 Å². The third-order valence-corrected chi connectivity index (χ3v) is 7.97. The van der Waals surface area contributed by atoms with Crippen molar-refractivity contribution in [2.45, 2.75) is 0 Å². The van der Waals surface area contributed by atoms with Crippen molar-refractivity contribution in [2.24, 2.45) is 0 Å². The maximum absolute atomic E-state index is 5.68. The molecule has 0 N–H and O–H groups in total. The molecule has 0 heterocycles. The fraction of sp³-hybridized carbons (Fsp3) is 0.176. The summed E-state index contributed by atoms with van der Waals surface area (Å²) >= 11 is 0. The first kappa shape index (κ1) is 15.5. The van der Waals surface area contributed by atoms with E-state index >= 15 is 0 Å². The van der Waals surface area contributed by atoms with Crippen LogP contribution in [0.1, 0.15) is 0 Å². The molecule has 0 saturated heterocycles. The molecule has 0 unspecified atom stereocenters. The minimum absolute atomic E-state index is 0.702. The minimum atomic E-state index is -2.12. The number of hydrogen-bond donors (Lipinski definition) is 0. The van der Waals surface area contributed by atoms with Crippen molar-refractivity contribution >= 4 is 25.3 Å². The zero-order chi connectivity index (χ0) is 15.3. The molecule has 21 heavy (non-hydrogen) atoms. The average molecular weight is 298 g/mol. The summed E-state index contributed by atoms with van der Waals surface area (Å²) in [4.78, 5) is 0. The number of para-hydroxylation sites is 2. The van der Waals surface area contributed by atoms with Gasteiger partial charge in [-0.1, -0.05) is 0 Å². The van der Waals surface area contributed by atoms with Gasteiger partial charge in [0.25, 0.3) is 0 Å². The summed E-state index contributed by atoms with van der Waals surface area (Å²) in [5, 5.41) is 2.41. The normalized spacial score (nSPS) is 11.5. The molecule has 0 aliphatic carbocycles. The molecular formula is C17H20BO2P. The Morgan fingerprint density at radius 2 is 1.38 bits per heavy atom. The van der Waals surface area contributed by atoms with E-state index in [-0.39, 0.29) is 0 Å². The van der Waals surface area contributed by atoms with Crippen molar-refractivity contribution in [3.8, 4) is 23.8 Å². The SMILES string of the molecule is B[PH](CC#C)(c1ccccc1OC)c1ccccc1OC. The Labute approximate surface area is 128 Å². The number of rotatable bonds is 5. The summed E-state index contributed by atoms with van der Waals surface area (Å²) in [6.45, 7) is 0. The second kappa shape index (κ2) is 6.70. The van der Waals surface area contributed by atoms with Crippen molar-refractivity contribution in [2.75, 3.05) is 20.4 Å². The van der Waals surface area contributed by atoms with E-state index in [0.717, 1.165) is 11.5 Å². The van der Waals surface area contributed by atoms with Crippen molar-refractivity contribution in [3.05, 3.63) is 48.5 Å². The number of methoxy groups -OCH3 is 2. The molecule has 0 amide bonds. The number of terminal acetylenes is 1. The fourth-order valence-corrected chi connectivity index (χ4v) is 6.21. The van der Waals surface area contributed by atoms with Crippen LogP contribution in [0.4, 0.5) is 0 Å². The van der Waals surface area contributed by atoms with Gasteiger partial charge in [-0.2, -0.15) is 0 Å². The number of benzene rings is 2. The van der Waals surface area contributed by atoms with Gasteiger partial charge >= 0.3 is 128 Å². The zero-order valence-electron chi connectivity index (χ0n) is 12.7. The number of ether oxygens (including phenoxy) is 2. The standard InChI is InChI=1S/C17H20BO2P/c1-4-13-21(18,16-11-7-5-9-14(16)19-2)17-12-8-6-10-15(17)20-3/h1,5-12,21H,13,18H2,2-3H3. The van der Waals surface area contributed by atoms with Crippen molar-refractivity contribution in [1.82, 2.24) is 0 Å². The Hall–Kier alpha value is -1.91. The van der Waals surface area contributed by atoms with E-state index in [0.29, 0.717) is 6.16 Å². The Kier molecular flexibility index (Phi) is 4.94. The van der Waals surface area contributed by atoms with Crippen LogP contribution >= 0.6 is 7.14 Å². The molecule has 0 spiro atoms. The molecule has 0 radical (unpaired) electrons. The van der Waals surface area contributed by atoms with Crippen LogP contribution in [0.5, 0.6) is 11.5 Å². The fourth-order valence-electron chi connectivity index (χ4n) is 2.74. The predicted octanol–water partition coefficient (Wildman–Crippen LogP) is 1.59. The van der Waals surface area contributed by atoms with Gasteiger partial charge in [-0.15, -0.1) is 0 Å². The van der Waals surface area contributed by atoms with Crippen molar-refractivity contribution in [1.29, 1.82) is 0 Å². The summed E-state index contributed by atoms with van der Waals surface area (Å²) < 4.78 is 11.1. The number of hydrogen-bond acceptors (Lipinski definition) is 2. The van der Waals surface area contributed by atoms with Crippen molar-refractivity contribution < 1.29 is 9.47 Å². The Bertz CT molecular complexity index is 616. The van der Waals surface area contributed by atoms with Gasteiger partial charge in [-0.3, -0.25) is 0 Å². The molecule has 0 bridgehead atoms. The van der Waals surface area contributed by atoms with E-state index < -0.39 is 7.14 Å². The van der Waals surface area contributed by atoms with Crippen LogP contribution < -0.4 is 20.1 Å². The molecule has 108 valence electrons. The third-order valence-electron chi connectivity index (χ3n) is 3.86. The van der Waals surface area contributed by atoms with Gasteiger partial charge in [0.2, 0.25) is 0 Å². The van der Waals surface area contributed by atoms with Crippen LogP contribution in [0.2, 0.25) is 0 Å². The second-order valence-electron chi connectivity index (χ2n) is 5.11. The molecule has 0 atom stereocenters. The van der Waals surface area contributed by atoms with Gasteiger partial charge in [0.1, 0.15) is 0 Å². The molecule has 0 fully saturated rings. The van der Waals surface area contributed by atoms with E-state index in [1.54, 1.807) is 14.2 Å². The summed E-state index contributed by atoms with van der Waals surface area (Å²) in [6, 6.07) is 16.3. The quantitative estimate of drug-likeness (QED) is 0.474.